The third kappa shape index (κ3) is 5.13. The van der Waals surface area contributed by atoms with Crippen molar-refractivity contribution in [1.29, 1.82) is 0 Å². The molecule has 1 heterocycles. The maximum Gasteiger partial charge on any atom is 0.305 e. The molecule has 0 unspecified atom stereocenters. The second kappa shape index (κ2) is 9.12. The Kier molecular flexibility index (Phi) is 7.51. The second-order valence-corrected chi connectivity index (χ2v) is 5.37. The van der Waals surface area contributed by atoms with E-state index in [2.05, 4.69) is 4.99 Å². The van der Waals surface area contributed by atoms with Crippen LogP contribution in [0, 0.1) is 0 Å². The van der Waals surface area contributed by atoms with Crippen LogP contribution in [0.15, 0.2) is 23.2 Å². The number of esters is 1. The third-order valence-corrected chi connectivity index (χ3v) is 3.59. The number of rotatable bonds is 7. The molecular weight excluding hydrogens is 332 g/mol. The summed E-state index contributed by atoms with van der Waals surface area (Å²) in [6, 6.07) is 5.30. The summed E-state index contributed by atoms with van der Waals surface area (Å²) in [5.74, 6) is -0.192. The number of halogens is 1. The van der Waals surface area contributed by atoms with Gasteiger partial charge >= 0.3 is 5.97 Å². The molecule has 0 saturated carbocycles. The van der Waals surface area contributed by atoms with E-state index in [1.165, 1.54) is 0 Å². The van der Waals surface area contributed by atoms with Crippen LogP contribution in [-0.4, -0.2) is 35.9 Å². The quantitative estimate of drug-likeness (QED) is 0.335. The first-order valence-corrected chi connectivity index (χ1v) is 7.68. The Hall–Kier alpha value is -2.28. The number of unbranched alkanes of at least 4 members (excludes halogenated alkanes) is 1. The van der Waals surface area contributed by atoms with E-state index in [0.717, 1.165) is 12.0 Å². The SMILES string of the molecule is CCOC(=O)CCCCN1Cc2cc(N=C(N)N)ccc2C1=O.Cl. The standard InChI is InChI=1S/C16H22N4O3.ClH/c1-2-23-14(21)5-3-4-8-20-10-11-9-12(19-16(17)18)6-7-13(11)15(20)22;/h6-7,9H,2-5,8,10H2,1H3,(H4,17,18,19);1H. The van der Waals surface area contributed by atoms with Gasteiger partial charge < -0.3 is 21.1 Å². The summed E-state index contributed by atoms with van der Waals surface area (Å²) >= 11 is 0. The van der Waals surface area contributed by atoms with Crippen molar-refractivity contribution in [2.45, 2.75) is 32.7 Å². The largest absolute Gasteiger partial charge is 0.466 e. The number of amides is 1. The molecule has 0 aliphatic carbocycles. The number of benzene rings is 1. The summed E-state index contributed by atoms with van der Waals surface area (Å²) in [4.78, 5) is 29.3. The first-order chi connectivity index (χ1) is 11.0. The number of hydrogen-bond donors (Lipinski definition) is 2. The van der Waals surface area contributed by atoms with Gasteiger partial charge in [-0.1, -0.05) is 0 Å². The van der Waals surface area contributed by atoms with Crippen molar-refractivity contribution < 1.29 is 14.3 Å². The number of hydrogen-bond acceptors (Lipinski definition) is 4. The van der Waals surface area contributed by atoms with E-state index < -0.39 is 0 Å². The molecule has 0 atom stereocenters. The van der Waals surface area contributed by atoms with Crippen molar-refractivity contribution in [3.05, 3.63) is 29.3 Å². The Morgan fingerprint density at radius 2 is 2.08 bits per heavy atom. The van der Waals surface area contributed by atoms with Crippen LogP contribution in [0.4, 0.5) is 5.69 Å². The molecule has 0 radical (unpaired) electrons. The molecule has 0 saturated heterocycles. The van der Waals surface area contributed by atoms with E-state index in [0.29, 0.717) is 43.8 Å². The Labute approximate surface area is 147 Å². The minimum atomic E-state index is -0.189. The number of aliphatic imine (C=N–C) groups is 1. The van der Waals surface area contributed by atoms with E-state index in [9.17, 15) is 9.59 Å². The summed E-state index contributed by atoms with van der Waals surface area (Å²) in [6.07, 6.45) is 1.86. The first-order valence-electron chi connectivity index (χ1n) is 7.68. The van der Waals surface area contributed by atoms with Crippen molar-refractivity contribution >= 4 is 35.9 Å². The smallest absolute Gasteiger partial charge is 0.305 e. The van der Waals surface area contributed by atoms with E-state index in [1.807, 2.05) is 6.07 Å². The average Bonchev–Trinajstić information content (AvgIpc) is 2.79. The molecule has 2 rings (SSSR count). The fourth-order valence-corrected chi connectivity index (χ4v) is 2.57. The molecule has 7 nitrogen and oxygen atoms in total. The highest BCUT2D eigenvalue weighted by molar-refractivity contribution is 5.98. The zero-order chi connectivity index (χ0) is 16.8. The minimum absolute atomic E-state index is 0. The van der Waals surface area contributed by atoms with Crippen molar-refractivity contribution in [2.24, 2.45) is 16.5 Å². The zero-order valence-electron chi connectivity index (χ0n) is 13.7. The molecule has 1 aliphatic rings. The molecule has 1 aromatic carbocycles. The Balaban J connectivity index is 0.00000288. The van der Waals surface area contributed by atoms with Gasteiger partial charge in [-0.3, -0.25) is 9.59 Å². The first kappa shape index (κ1) is 19.8. The van der Waals surface area contributed by atoms with Gasteiger partial charge in [0.2, 0.25) is 0 Å². The van der Waals surface area contributed by atoms with Crippen LogP contribution in [0.3, 0.4) is 0 Å². The molecule has 0 aromatic heterocycles. The number of fused-ring (bicyclic) bond motifs is 1. The molecular formula is C16H23ClN4O3. The lowest BCUT2D eigenvalue weighted by atomic mass is 10.1. The highest BCUT2D eigenvalue weighted by atomic mass is 35.5. The lowest BCUT2D eigenvalue weighted by molar-refractivity contribution is -0.143. The van der Waals surface area contributed by atoms with Gasteiger partial charge in [0.15, 0.2) is 5.96 Å². The predicted octanol–water partition coefficient (Wildman–Crippen LogP) is 1.70. The molecule has 0 fully saturated rings. The summed E-state index contributed by atoms with van der Waals surface area (Å²) < 4.78 is 4.88. The van der Waals surface area contributed by atoms with Crippen LogP contribution in [0.2, 0.25) is 0 Å². The summed E-state index contributed by atoms with van der Waals surface area (Å²) in [5.41, 5.74) is 13.0. The number of carbonyl (C=O) groups excluding carboxylic acids is 2. The molecule has 0 bridgehead atoms. The maximum absolute atomic E-state index is 12.3. The monoisotopic (exact) mass is 354 g/mol. The molecule has 1 amide bonds. The Morgan fingerprint density at radius 1 is 1.33 bits per heavy atom. The van der Waals surface area contributed by atoms with Crippen LogP contribution < -0.4 is 11.5 Å². The van der Waals surface area contributed by atoms with Gasteiger partial charge in [-0.25, -0.2) is 4.99 Å². The van der Waals surface area contributed by atoms with Crippen molar-refractivity contribution in [2.75, 3.05) is 13.2 Å². The van der Waals surface area contributed by atoms with Gasteiger partial charge in [0.05, 0.1) is 12.3 Å². The van der Waals surface area contributed by atoms with Gasteiger partial charge in [-0.2, -0.15) is 0 Å². The number of nitrogens with two attached hydrogens (primary N) is 2. The van der Waals surface area contributed by atoms with Gasteiger partial charge in [-0.15, -0.1) is 12.4 Å². The molecule has 132 valence electrons. The molecule has 8 heteroatoms. The van der Waals surface area contributed by atoms with Crippen LogP contribution in [-0.2, 0) is 16.1 Å². The number of ether oxygens (including phenoxy) is 1. The fourth-order valence-electron chi connectivity index (χ4n) is 2.57. The van der Waals surface area contributed by atoms with Gasteiger partial charge in [-0.05, 0) is 43.5 Å². The minimum Gasteiger partial charge on any atom is -0.466 e. The van der Waals surface area contributed by atoms with Crippen molar-refractivity contribution in [3.63, 3.8) is 0 Å². The zero-order valence-corrected chi connectivity index (χ0v) is 14.5. The lowest BCUT2D eigenvalue weighted by Crippen LogP contribution is -2.25. The van der Waals surface area contributed by atoms with Crippen LogP contribution in [0.5, 0.6) is 0 Å². The van der Waals surface area contributed by atoms with Crippen LogP contribution >= 0.6 is 12.4 Å². The lowest BCUT2D eigenvalue weighted by Gasteiger charge is -2.15. The highest BCUT2D eigenvalue weighted by Gasteiger charge is 2.26. The van der Waals surface area contributed by atoms with Crippen LogP contribution in [0.1, 0.15) is 42.1 Å². The van der Waals surface area contributed by atoms with E-state index in [1.54, 1.807) is 24.0 Å². The number of carbonyl (C=O) groups is 2. The van der Waals surface area contributed by atoms with Gasteiger partial charge in [0, 0.05) is 25.1 Å². The van der Waals surface area contributed by atoms with E-state index >= 15 is 0 Å². The molecule has 1 aliphatic heterocycles. The van der Waals surface area contributed by atoms with Crippen LogP contribution in [0.25, 0.3) is 0 Å². The third-order valence-electron chi connectivity index (χ3n) is 3.59. The fraction of sp³-hybridized carbons (Fsp3) is 0.438. The van der Waals surface area contributed by atoms with Crippen molar-refractivity contribution in [1.82, 2.24) is 4.90 Å². The summed E-state index contributed by atoms with van der Waals surface area (Å²) in [6.45, 7) is 3.34. The number of guanidine groups is 1. The van der Waals surface area contributed by atoms with E-state index in [4.69, 9.17) is 16.2 Å². The summed E-state index contributed by atoms with van der Waals surface area (Å²) in [7, 11) is 0. The Morgan fingerprint density at radius 3 is 2.75 bits per heavy atom. The summed E-state index contributed by atoms with van der Waals surface area (Å²) in [5, 5.41) is 0. The number of nitrogens with zero attached hydrogens (tertiary/aromatic N) is 2. The second-order valence-electron chi connectivity index (χ2n) is 5.37. The average molecular weight is 355 g/mol. The Bertz CT molecular complexity index is 630. The van der Waals surface area contributed by atoms with E-state index in [-0.39, 0.29) is 30.2 Å². The van der Waals surface area contributed by atoms with Gasteiger partial charge in [0.25, 0.3) is 5.91 Å². The normalized spacial score (nSPS) is 12.4. The maximum atomic E-state index is 12.3. The van der Waals surface area contributed by atoms with Gasteiger partial charge in [0.1, 0.15) is 0 Å². The topological polar surface area (TPSA) is 111 Å². The van der Waals surface area contributed by atoms with Crippen molar-refractivity contribution in [3.8, 4) is 0 Å². The molecule has 24 heavy (non-hydrogen) atoms. The molecule has 4 N–H and O–H groups in total. The highest BCUT2D eigenvalue weighted by Crippen LogP contribution is 2.27. The molecule has 0 spiro atoms. The predicted molar refractivity (Wildman–Crippen MR) is 94.4 cm³/mol. The molecule has 1 aromatic rings.